The predicted octanol–water partition coefficient (Wildman–Crippen LogP) is 2.38. The Bertz CT molecular complexity index is 797. The molecular formula is C14H18N6. The molecule has 104 valence electrons. The highest BCUT2D eigenvalue weighted by atomic mass is 15.3. The normalized spacial score (nSPS) is 12.2. The molecule has 0 fully saturated rings. The molecule has 3 N–H and O–H groups in total. The first-order valence-corrected chi connectivity index (χ1v) is 6.54. The lowest BCUT2D eigenvalue weighted by atomic mass is 10.1. The third-order valence-electron chi connectivity index (χ3n) is 2.93. The molecule has 0 spiro atoms. The Morgan fingerprint density at radius 3 is 2.60 bits per heavy atom. The first-order chi connectivity index (χ1) is 9.33. The number of nitrogens with two attached hydrogens (primary N) is 1. The maximum Gasteiger partial charge on any atom is 0.241 e. The van der Waals surface area contributed by atoms with E-state index in [1.54, 1.807) is 0 Å². The summed E-state index contributed by atoms with van der Waals surface area (Å²) in [4.78, 5) is 13.0. The van der Waals surface area contributed by atoms with Gasteiger partial charge in [0.15, 0.2) is 0 Å². The number of fused-ring (bicyclic) bond motifs is 3. The van der Waals surface area contributed by atoms with Gasteiger partial charge >= 0.3 is 0 Å². The maximum atomic E-state index is 5.78. The zero-order valence-electron chi connectivity index (χ0n) is 12.1. The molecule has 20 heavy (non-hydrogen) atoms. The second-order valence-corrected chi connectivity index (χ2v) is 6.02. The minimum Gasteiger partial charge on any atom is -0.368 e. The van der Waals surface area contributed by atoms with Crippen molar-refractivity contribution in [2.24, 2.45) is 0 Å². The van der Waals surface area contributed by atoms with Crippen LogP contribution in [0.15, 0.2) is 18.2 Å². The molecule has 3 rings (SSSR count). The van der Waals surface area contributed by atoms with Crippen LogP contribution in [0.3, 0.4) is 0 Å². The Kier molecular flexibility index (Phi) is 2.57. The molecule has 3 aromatic rings. The summed E-state index contributed by atoms with van der Waals surface area (Å²) in [5.41, 5.74) is 8.67. The van der Waals surface area contributed by atoms with Gasteiger partial charge in [0, 0.05) is 5.54 Å². The van der Waals surface area contributed by atoms with Crippen LogP contribution in [0.25, 0.3) is 16.8 Å². The third kappa shape index (κ3) is 2.13. The van der Waals surface area contributed by atoms with Crippen molar-refractivity contribution in [3.05, 3.63) is 23.8 Å². The van der Waals surface area contributed by atoms with Gasteiger partial charge < -0.3 is 11.1 Å². The van der Waals surface area contributed by atoms with E-state index in [1.807, 2.05) is 29.5 Å². The van der Waals surface area contributed by atoms with Gasteiger partial charge in [-0.1, -0.05) is 6.07 Å². The highest BCUT2D eigenvalue weighted by Crippen LogP contribution is 2.22. The van der Waals surface area contributed by atoms with Crippen molar-refractivity contribution in [1.29, 1.82) is 0 Å². The summed E-state index contributed by atoms with van der Waals surface area (Å²) in [6.45, 7) is 8.25. The number of nitrogens with zero attached hydrogens (tertiary/aromatic N) is 4. The van der Waals surface area contributed by atoms with E-state index >= 15 is 0 Å². The molecule has 0 bridgehead atoms. The van der Waals surface area contributed by atoms with Gasteiger partial charge in [-0.15, -0.1) is 0 Å². The smallest absolute Gasteiger partial charge is 0.241 e. The molecule has 0 saturated carbocycles. The highest BCUT2D eigenvalue weighted by Gasteiger charge is 2.17. The average Bonchev–Trinajstić information content (AvgIpc) is 2.63. The van der Waals surface area contributed by atoms with Gasteiger partial charge in [0.25, 0.3) is 0 Å². The summed E-state index contributed by atoms with van der Waals surface area (Å²) in [6, 6.07) is 6.10. The van der Waals surface area contributed by atoms with Crippen LogP contribution in [-0.4, -0.2) is 24.9 Å². The molecule has 0 radical (unpaired) electrons. The number of benzene rings is 1. The summed E-state index contributed by atoms with van der Waals surface area (Å²) >= 11 is 0. The first-order valence-electron chi connectivity index (χ1n) is 6.54. The van der Waals surface area contributed by atoms with Crippen molar-refractivity contribution >= 4 is 28.7 Å². The van der Waals surface area contributed by atoms with E-state index in [-0.39, 0.29) is 11.5 Å². The third-order valence-corrected chi connectivity index (χ3v) is 2.93. The van der Waals surface area contributed by atoms with Gasteiger partial charge in [0.05, 0.1) is 11.0 Å². The minimum atomic E-state index is -0.130. The van der Waals surface area contributed by atoms with Gasteiger partial charge in [-0.2, -0.15) is 9.97 Å². The lowest BCUT2D eigenvalue weighted by molar-refractivity contribution is 0.624. The Morgan fingerprint density at radius 2 is 1.90 bits per heavy atom. The molecule has 6 heteroatoms. The van der Waals surface area contributed by atoms with Crippen LogP contribution < -0.4 is 11.1 Å². The largest absolute Gasteiger partial charge is 0.368 e. The van der Waals surface area contributed by atoms with E-state index in [2.05, 4.69) is 41.0 Å². The summed E-state index contributed by atoms with van der Waals surface area (Å²) in [5.74, 6) is 1.44. The molecule has 1 aromatic carbocycles. The van der Waals surface area contributed by atoms with Crippen molar-refractivity contribution in [1.82, 2.24) is 19.4 Å². The molecule has 2 aromatic heterocycles. The zero-order valence-corrected chi connectivity index (χ0v) is 12.1. The number of aryl methyl sites for hydroxylation is 1. The fourth-order valence-corrected chi connectivity index (χ4v) is 2.17. The topological polar surface area (TPSA) is 81.1 Å². The van der Waals surface area contributed by atoms with Crippen molar-refractivity contribution in [2.75, 3.05) is 11.1 Å². The molecule has 0 amide bonds. The number of hydrogen-bond acceptors (Lipinski definition) is 5. The van der Waals surface area contributed by atoms with E-state index < -0.39 is 0 Å². The molecular weight excluding hydrogens is 252 g/mol. The maximum absolute atomic E-state index is 5.78. The van der Waals surface area contributed by atoms with Crippen LogP contribution in [0, 0.1) is 6.92 Å². The molecule has 0 unspecified atom stereocenters. The lowest BCUT2D eigenvalue weighted by Crippen LogP contribution is -2.28. The number of hydrogen-bond donors (Lipinski definition) is 2. The SMILES string of the molecule is Cc1ccc2c(c1)nc1nc(N)nc(NC(C)(C)C)n12. The van der Waals surface area contributed by atoms with Crippen LogP contribution in [0.2, 0.25) is 0 Å². The van der Waals surface area contributed by atoms with Crippen LogP contribution in [0.5, 0.6) is 0 Å². The number of nitrogens with one attached hydrogen (secondary N) is 1. The zero-order chi connectivity index (χ0) is 14.5. The highest BCUT2D eigenvalue weighted by molar-refractivity contribution is 5.81. The first kappa shape index (κ1) is 12.7. The number of anilines is 2. The predicted molar refractivity (Wildman–Crippen MR) is 80.8 cm³/mol. The second kappa shape index (κ2) is 4.06. The quantitative estimate of drug-likeness (QED) is 0.709. The Balaban J connectivity index is 2.35. The fraction of sp³-hybridized carbons (Fsp3) is 0.357. The molecule has 0 aliphatic heterocycles. The number of aromatic nitrogens is 4. The van der Waals surface area contributed by atoms with Gasteiger partial charge in [-0.25, -0.2) is 9.38 Å². The monoisotopic (exact) mass is 270 g/mol. The summed E-state index contributed by atoms with van der Waals surface area (Å²) < 4.78 is 1.90. The van der Waals surface area contributed by atoms with Crippen molar-refractivity contribution in [3.63, 3.8) is 0 Å². The Morgan fingerprint density at radius 1 is 1.15 bits per heavy atom. The summed E-state index contributed by atoms with van der Waals surface area (Å²) in [7, 11) is 0. The molecule has 0 atom stereocenters. The van der Waals surface area contributed by atoms with Crippen LogP contribution >= 0.6 is 0 Å². The molecule has 0 aliphatic rings. The molecule has 6 nitrogen and oxygen atoms in total. The van der Waals surface area contributed by atoms with E-state index in [4.69, 9.17) is 5.73 Å². The minimum absolute atomic E-state index is 0.130. The van der Waals surface area contributed by atoms with Crippen LogP contribution in [-0.2, 0) is 0 Å². The van der Waals surface area contributed by atoms with Crippen LogP contribution in [0.4, 0.5) is 11.9 Å². The van der Waals surface area contributed by atoms with E-state index in [9.17, 15) is 0 Å². The van der Waals surface area contributed by atoms with Gasteiger partial charge in [0.2, 0.25) is 17.7 Å². The van der Waals surface area contributed by atoms with Crippen molar-refractivity contribution in [3.8, 4) is 0 Å². The Hall–Kier alpha value is -2.37. The van der Waals surface area contributed by atoms with E-state index in [1.165, 1.54) is 0 Å². The number of nitrogen functional groups attached to an aromatic ring is 1. The fourth-order valence-electron chi connectivity index (χ4n) is 2.17. The standard InChI is InChI=1S/C14H18N6/c1-8-5-6-10-9(7-8)16-12-17-11(15)18-13(20(10)12)19-14(2,3)4/h5-7H,1-4H3,(H3,15,16,17,18,19). The molecule has 0 saturated heterocycles. The van der Waals surface area contributed by atoms with Crippen molar-refractivity contribution in [2.45, 2.75) is 33.2 Å². The second-order valence-electron chi connectivity index (χ2n) is 6.02. The van der Waals surface area contributed by atoms with Gasteiger partial charge in [-0.05, 0) is 45.4 Å². The molecule has 0 aliphatic carbocycles. The number of imidazole rings is 1. The molecule has 2 heterocycles. The van der Waals surface area contributed by atoms with Crippen molar-refractivity contribution < 1.29 is 0 Å². The average molecular weight is 270 g/mol. The van der Waals surface area contributed by atoms with E-state index in [0.717, 1.165) is 16.6 Å². The van der Waals surface area contributed by atoms with Crippen LogP contribution in [0.1, 0.15) is 26.3 Å². The van der Waals surface area contributed by atoms with E-state index in [0.29, 0.717) is 11.7 Å². The lowest BCUT2D eigenvalue weighted by Gasteiger charge is -2.21. The summed E-state index contributed by atoms with van der Waals surface area (Å²) in [5, 5.41) is 3.35. The number of rotatable bonds is 1. The summed E-state index contributed by atoms with van der Waals surface area (Å²) in [6.07, 6.45) is 0. The van der Waals surface area contributed by atoms with Gasteiger partial charge in [-0.3, -0.25) is 0 Å². The van der Waals surface area contributed by atoms with Gasteiger partial charge in [0.1, 0.15) is 0 Å². The Labute approximate surface area is 117 Å².